The summed E-state index contributed by atoms with van der Waals surface area (Å²) in [6.07, 6.45) is 1.67. The van der Waals surface area contributed by atoms with E-state index in [1.54, 1.807) is 20.4 Å². The van der Waals surface area contributed by atoms with Crippen molar-refractivity contribution >= 4 is 22.9 Å². The van der Waals surface area contributed by atoms with Gasteiger partial charge in [0.1, 0.15) is 41.2 Å². The minimum Gasteiger partial charge on any atom is -0.497 e. The minimum atomic E-state index is 0.211. The van der Waals surface area contributed by atoms with Crippen molar-refractivity contribution in [3.63, 3.8) is 0 Å². The molecule has 0 bridgehead atoms. The first-order chi connectivity index (χ1) is 21.2. The molecule has 0 aliphatic heterocycles. The van der Waals surface area contributed by atoms with Crippen molar-refractivity contribution in [2.45, 2.75) is 6.61 Å². The fraction of sp³-hybridized carbons (Fsp3) is 0.0811. The first kappa shape index (κ1) is 27.4. The van der Waals surface area contributed by atoms with Crippen LogP contribution in [0.2, 0.25) is 0 Å². The minimum absolute atomic E-state index is 0.211. The van der Waals surface area contributed by atoms with Crippen molar-refractivity contribution in [1.82, 2.24) is 0 Å². The average molecular weight is 565 g/mol. The van der Waals surface area contributed by atoms with Gasteiger partial charge in [-0.3, -0.25) is 0 Å². The summed E-state index contributed by atoms with van der Waals surface area (Å²) < 4.78 is 23.3. The number of aliphatic imine (C=N–C) groups is 1. The highest BCUT2D eigenvalue weighted by atomic mass is 16.5. The summed E-state index contributed by atoms with van der Waals surface area (Å²) in [6.45, 7) is 0.402. The first-order valence-corrected chi connectivity index (χ1v) is 13.8. The molecule has 6 nitrogen and oxygen atoms in total. The Bertz CT molecular complexity index is 1940. The van der Waals surface area contributed by atoms with E-state index in [2.05, 4.69) is 35.3 Å². The Morgan fingerprint density at radius 2 is 1.40 bits per heavy atom. The van der Waals surface area contributed by atoms with Crippen LogP contribution in [-0.2, 0) is 6.61 Å². The molecule has 0 unspecified atom stereocenters. The molecule has 1 aromatic heterocycles. The molecule has 0 aliphatic rings. The van der Waals surface area contributed by atoms with Crippen molar-refractivity contribution in [2.75, 3.05) is 14.2 Å². The number of methoxy groups -OCH3 is 2. The summed E-state index contributed by atoms with van der Waals surface area (Å²) in [7, 11) is 3.24. The molecule has 0 saturated carbocycles. The lowest BCUT2D eigenvalue weighted by atomic mass is 9.98. The number of rotatable bonds is 9. The molecule has 5 aromatic carbocycles. The van der Waals surface area contributed by atoms with Gasteiger partial charge in [0, 0.05) is 22.9 Å². The van der Waals surface area contributed by atoms with Crippen LogP contribution in [0.5, 0.6) is 17.2 Å². The van der Waals surface area contributed by atoms with E-state index in [0.29, 0.717) is 29.2 Å². The highest BCUT2D eigenvalue weighted by Gasteiger charge is 2.23. The van der Waals surface area contributed by atoms with Gasteiger partial charge in [-0.25, -0.2) is 4.99 Å². The third-order valence-corrected chi connectivity index (χ3v) is 7.24. The van der Waals surface area contributed by atoms with Gasteiger partial charge in [0.25, 0.3) is 0 Å². The zero-order valence-electron chi connectivity index (χ0n) is 23.8. The van der Waals surface area contributed by atoms with E-state index in [1.807, 2.05) is 91.0 Å². The van der Waals surface area contributed by atoms with E-state index in [4.69, 9.17) is 18.6 Å². The number of nitriles is 1. The molecular weight excluding hydrogens is 536 g/mol. The number of nitrogens with zero attached hydrogens (tertiary/aromatic N) is 2. The van der Waals surface area contributed by atoms with Crippen molar-refractivity contribution in [2.24, 2.45) is 4.99 Å². The van der Waals surface area contributed by atoms with Crippen molar-refractivity contribution in [3.8, 4) is 45.8 Å². The quantitative estimate of drug-likeness (QED) is 0.164. The molecule has 6 aromatic rings. The van der Waals surface area contributed by atoms with Crippen LogP contribution in [0.15, 0.2) is 125 Å². The number of hydrogen-bond acceptors (Lipinski definition) is 6. The highest BCUT2D eigenvalue weighted by Crippen LogP contribution is 2.43. The van der Waals surface area contributed by atoms with Gasteiger partial charge in [-0.1, -0.05) is 66.7 Å². The molecule has 0 amide bonds. The van der Waals surface area contributed by atoms with Crippen LogP contribution in [0.25, 0.3) is 33.2 Å². The van der Waals surface area contributed by atoms with E-state index >= 15 is 0 Å². The summed E-state index contributed by atoms with van der Waals surface area (Å²) in [5, 5.41) is 12.6. The van der Waals surface area contributed by atoms with Gasteiger partial charge in [0.05, 0.1) is 14.2 Å². The smallest absolute Gasteiger partial charge is 0.238 e. The van der Waals surface area contributed by atoms with Crippen molar-refractivity contribution in [1.29, 1.82) is 5.26 Å². The maximum atomic E-state index is 10.3. The maximum absolute atomic E-state index is 10.3. The molecule has 0 saturated heterocycles. The molecule has 0 fully saturated rings. The molecule has 0 aliphatic carbocycles. The molecule has 1 heterocycles. The van der Waals surface area contributed by atoms with Gasteiger partial charge in [-0.2, -0.15) is 5.26 Å². The van der Waals surface area contributed by atoms with E-state index in [0.717, 1.165) is 39.1 Å². The van der Waals surface area contributed by atoms with Crippen LogP contribution in [0.4, 0.5) is 5.88 Å². The molecule has 0 N–H and O–H groups in total. The van der Waals surface area contributed by atoms with E-state index in [1.165, 1.54) is 5.39 Å². The molecule has 0 radical (unpaired) electrons. The van der Waals surface area contributed by atoms with Crippen molar-refractivity contribution < 1.29 is 18.6 Å². The Hall–Kier alpha value is -5.80. The molecule has 210 valence electrons. The van der Waals surface area contributed by atoms with Gasteiger partial charge >= 0.3 is 0 Å². The number of furan rings is 1. The van der Waals surface area contributed by atoms with Crippen LogP contribution in [0, 0.1) is 11.3 Å². The SMILES string of the molecule is COc1ccc(-c2oc(N=Cc3ccccc3OCc3cccc4ccccc34)c(C#N)c2-c2ccc(OC)cc2)cc1. The van der Waals surface area contributed by atoms with Gasteiger partial charge in [0.2, 0.25) is 5.88 Å². The van der Waals surface area contributed by atoms with Crippen LogP contribution in [0.3, 0.4) is 0 Å². The fourth-order valence-corrected chi connectivity index (χ4v) is 5.01. The summed E-state index contributed by atoms with van der Waals surface area (Å²) in [4.78, 5) is 4.67. The third-order valence-electron chi connectivity index (χ3n) is 7.24. The Kier molecular flexibility index (Phi) is 7.88. The topological polar surface area (TPSA) is 77.0 Å². The monoisotopic (exact) mass is 564 g/mol. The number of para-hydroxylation sites is 1. The maximum Gasteiger partial charge on any atom is 0.238 e. The summed E-state index contributed by atoms with van der Waals surface area (Å²) in [5.74, 6) is 2.87. The Morgan fingerprint density at radius 1 is 0.744 bits per heavy atom. The number of ether oxygens (including phenoxy) is 3. The lowest BCUT2D eigenvalue weighted by Gasteiger charge is -2.11. The van der Waals surface area contributed by atoms with Crippen LogP contribution >= 0.6 is 0 Å². The molecular formula is C37H28N2O4. The average Bonchev–Trinajstić information content (AvgIpc) is 3.45. The van der Waals surface area contributed by atoms with E-state index < -0.39 is 0 Å². The first-order valence-electron chi connectivity index (χ1n) is 13.8. The van der Waals surface area contributed by atoms with Crippen LogP contribution in [-0.4, -0.2) is 20.4 Å². The largest absolute Gasteiger partial charge is 0.497 e. The van der Waals surface area contributed by atoms with Crippen molar-refractivity contribution in [3.05, 3.63) is 132 Å². The lowest BCUT2D eigenvalue weighted by Crippen LogP contribution is -1.99. The number of fused-ring (bicyclic) bond motifs is 1. The second-order valence-corrected chi connectivity index (χ2v) is 9.78. The molecule has 6 rings (SSSR count). The number of benzene rings is 5. The Morgan fingerprint density at radius 3 is 2.12 bits per heavy atom. The molecule has 6 heteroatoms. The zero-order chi connectivity index (χ0) is 29.6. The predicted octanol–water partition coefficient (Wildman–Crippen LogP) is 8.99. The van der Waals surface area contributed by atoms with Crippen LogP contribution in [0.1, 0.15) is 16.7 Å². The lowest BCUT2D eigenvalue weighted by molar-refractivity contribution is 0.307. The second kappa shape index (κ2) is 12.4. The van der Waals surface area contributed by atoms with Crippen LogP contribution < -0.4 is 14.2 Å². The Balaban J connectivity index is 1.36. The molecule has 0 atom stereocenters. The summed E-state index contributed by atoms with van der Waals surface area (Å²) >= 11 is 0. The second-order valence-electron chi connectivity index (χ2n) is 9.78. The van der Waals surface area contributed by atoms with Gasteiger partial charge in [-0.15, -0.1) is 0 Å². The Labute approximate surface area is 250 Å². The normalized spacial score (nSPS) is 11.0. The summed E-state index contributed by atoms with van der Waals surface area (Å²) in [5.41, 5.74) is 4.45. The van der Waals surface area contributed by atoms with Gasteiger partial charge < -0.3 is 18.6 Å². The zero-order valence-corrected chi connectivity index (χ0v) is 23.8. The number of hydrogen-bond donors (Lipinski definition) is 0. The van der Waals surface area contributed by atoms with Gasteiger partial charge in [0.15, 0.2) is 0 Å². The summed E-state index contributed by atoms with van der Waals surface area (Å²) in [6, 6.07) is 39.5. The highest BCUT2D eigenvalue weighted by molar-refractivity contribution is 5.91. The van der Waals surface area contributed by atoms with E-state index in [-0.39, 0.29) is 5.88 Å². The molecule has 43 heavy (non-hydrogen) atoms. The predicted molar refractivity (Wildman–Crippen MR) is 169 cm³/mol. The van der Waals surface area contributed by atoms with E-state index in [9.17, 15) is 5.26 Å². The third kappa shape index (κ3) is 5.70. The molecule has 0 spiro atoms. The standard InChI is InChI=1S/C37H28N2O4/c1-40-30-18-14-26(15-19-30)35-33(22-38)37(43-36(35)27-16-20-31(41-2)21-17-27)39-23-28-9-4-6-13-34(28)42-24-29-11-7-10-25-8-3-5-12-32(25)29/h3-21,23H,24H2,1-2H3. The fourth-order valence-electron chi connectivity index (χ4n) is 5.01. The van der Waals surface area contributed by atoms with Gasteiger partial charge in [-0.05, 0) is 70.4 Å².